The molecule has 2 N–H and O–H groups in total. The average Bonchev–Trinajstić information content (AvgIpc) is 3.05. The van der Waals surface area contributed by atoms with E-state index in [1.54, 1.807) is 12.4 Å². The Labute approximate surface area is 123 Å². The summed E-state index contributed by atoms with van der Waals surface area (Å²) in [6.45, 7) is 7.74. The molecule has 1 unspecified atom stereocenters. The van der Waals surface area contributed by atoms with Gasteiger partial charge in [-0.05, 0) is 39.8 Å². The fraction of sp³-hybridized carbons (Fsp3) is 0.533. The summed E-state index contributed by atoms with van der Waals surface area (Å²) in [5.74, 6) is 0.0462. The highest BCUT2D eigenvalue weighted by molar-refractivity contribution is 5.96. The van der Waals surface area contributed by atoms with Crippen molar-refractivity contribution in [3.63, 3.8) is 0 Å². The van der Waals surface area contributed by atoms with Gasteiger partial charge in [0, 0.05) is 18.0 Å². The number of carbonyl (C=O) groups excluding carboxylic acids is 1. The normalized spacial score (nSPS) is 22.1. The Kier molecular flexibility index (Phi) is 3.41. The van der Waals surface area contributed by atoms with Crippen LogP contribution in [0.4, 0.5) is 5.69 Å². The van der Waals surface area contributed by atoms with Gasteiger partial charge >= 0.3 is 0 Å². The zero-order valence-corrected chi connectivity index (χ0v) is 12.7. The smallest absolute Gasteiger partial charge is 0.231 e. The lowest BCUT2D eigenvalue weighted by Gasteiger charge is -2.21. The van der Waals surface area contributed by atoms with Gasteiger partial charge in [0.05, 0.1) is 23.5 Å². The zero-order chi connectivity index (χ0) is 15.0. The van der Waals surface area contributed by atoms with E-state index in [4.69, 9.17) is 0 Å². The lowest BCUT2D eigenvalue weighted by molar-refractivity contribution is -0.123. The van der Waals surface area contributed by atoms with Crippen LogP contribution in [0.15, 0.2) is 18.5 Å². The van der Waals surface area contributed by atoms with Gasteiger partial charge in [-0.15, -0.1) is 0 Å². The van der Waals surface area contributed by atoms with Gasteiger partial charge < -0.3 is 10.6 Å². The minimum absolute atomic E-state index is 0.0462. The third kappa shape index (κ3) is 2.51. The Morgan fingerprint density at radius 1 is 1.48 bits per heavy atom. The predicted octanol–water partition coefficient (Wildman–Crippen LogP) is 1.95. The molecular formula is C15H21N5O. The molecule has 1 aliphatic rings. The van der Waals surface area contributed by atoms with Crippen molar-refractivity contribution in [3.05, 3.63) is 18.5 Å². The average molecular weight is 287 g/mol. The molecular weight excluding hydrogens is 266 g/mol. The van der Waals surface area contributed by atoms with Crippen molar-refractivity contribution in [2.24, 2.45) is 5.41 Å². The first-order valence-electron chi connectivity index (χ1n) is 7.35. The molecule has 1 atom stereocenters. The molecule has 0 bridgehead atoms. The second kappa shape index (κ2) is 5.11. The van der Waals surface area contributed by atoms with Crippen LogP contribution in [0.3, 0.4) is 0 Å². The third-order valence-corrected chi connectivity index (χ3v) is 4.10. The standard InChI is InChI=1S/C15H21N5O/c1-10(2)20-13-11(7-18-20)6-12(8-17-13)19-14(21)15(3)4-5-16-9-15/h6-8,10,16H,4-5,9H2,1-3H3,(H,19,21). The molecule has 0 saturated carbocycles. The Balaban J connectivity index is 1.83. The van der Waals surface area contributed by atoms with E-state index in [1.165, 1.54) is 0 Å². The van der Waals surface area contributed by atoms with Crippen LogP contribution in [0.25, 0.3) is 11.0 Å². The Bertz CT molecular complexity index is 670. The minimum atomic E-state index is -0.336. The topological polar surface area (TPSA) is 71.8 Å². The number of pyridine rings is 1. The molecule has 3 heterocycles. The molecule has 0 radical (unpaired) electrons. The van der Waals surface area contributed by atoms with Crippen molar-refractivity contribution in [1.29, 1.82) is 0 Å². The first-order valence-corrected chi connectivity index (χ1v) is 7.35. The summed E-state index contributed by atoms with van der Waals surface area (Å²) in [5.41, 5.74) is 1.23. The van der Waals surface area contributed by atoms with E-state index in [-0.39, 0.29) is 17.4 Å². The molecule has 112 valence electrons. The van der Waals surface area contributed by atoms with Crippen LogP contribution < -0.4 is 10.6 Å². The number of amides is 1. The number of carbonyl (C=O) groups is 1. The van der Waals surface area contributed by atoms with Crippen molar-refractivity contribution in [1.82, 2.24) is 20.1 Å². The van der Waals surface area contributed by atoms with E-state index >= 15 is 0 Å². The lowest BCUT2D eigenvalue weighted by atomic mass is 9.89. The number of hydrogen-bond donors (Lipinski definition) is 2. The van der Waals surface area contributed by atoms with Crippen LogP contribution in [0, 0.1) is 5.41 Å². The van der Waals surface area contributed by atoms with E-state index in [9.17, 15) is 4.79 Å². The zero-order valence-electron chi connectivity index (χ0n) is 12.7. The van der Waals surface area contributed by atoms with E-state index in [1.807, 2.05) is 17.7 Å². The summed E-state index contributed by atoms with van der Waals surface area (Å²) in [6, 6.07) is 2.19. The molecule has 6 nitrogen and oxygen atoms in total. The van der Waals surface area contributed by atoms with E-state index in [2.05, 4.69) is 34.6 Å². The number of anilines is 1. The molecule has 21 heavy (non-hydrogen) atoms. The fourth-order valence-corrected chi connectivity index (χ4v) is 2.68. The maximum Gasteiger partial charge on any atom is 0.231 e. The molecule has 0 aliphatic carbocycles. The van der Waals surface area contributed by atoms with E-state index < -0.39 is 0 Å². The second-order valence-electron chi connectivity index (χ2n) is 6.26. The van der Waals surface area contributed by atoms with Crippen LogP contribution in [0.5, 0.6) is 0 Å². The molecule has 1 fully saturated rings. The maximum absolute atomic E-state index is 12.4. The van der Waals surface area contributed by atoms with Crippen LogP contribution in [0.2, 0.25) is 0 Å². The molecule has 0 aromatic carbocycles. The quantitative estimate of drug-likeness (QED) is 0.905. The summed E-state index contributed by atoms with van der Waals surface area (Å²) >= 11 is 0. The van der Waals surface area contributed by atoms with Gasteiger partial charge in [0.1, 0.15) is 0 Å². The lowest BCUT2D eigenvalue weighted by Crippen LogP contribution is -2.35. The SMILES string of the molecule is CC(C)n1ncc2cc(NC(=O)C3(C)CCNC3)cnc21. The minimum Gasteiger partial charge on any atom is -0.324 e. The molecule has 6 heteroatoms. The highest BCUT2D eigenvalue weighted by Gasteiger charge is 2.36. The third-order valence-electron chi connectivity index (χ3n) is 4.10. The Morgan fingerprint density at radius 2 is 2.29 bits per heavy atom. The summed E-state index contributed by atoms with van der Waals surface area (Å²) < 4.78 is 1.88. The van der Waals surface area contributed by atoms with Crippen molar-refractivity contribution in [3.8, 4) is 0 Å². The number of hydrogen-bond acceptors (Lipinski definition) is 4. The summed E-state index contributed by atoms with van der Waals surface area (Å²) in [6.07, 6.45) is 4.35. The monoisotopic (exact) mass is 287 g/mol. The van der Waals surface area contributed by atoms with E-state index in [0.29, 0.717) is 0 Å². The van der Waals surface area contributed by atoms with Crippen LogP contribution >= 0.6 is 0 Å². The van der Waals surface area contributed by atoms with Gasteiger partial charge in [-0.3, -0.25) is 4.79 Å². The number of nitrogens with one attached hydrogen (secondary N) is 2. The number of fused-ring (bicyclic) bond motifs is 1. The van der Waals surface area contributed by atoms with E-state index in [0.717, 1.165) is 36.2 Å². The van der Waals surface area contributed by atoms with Gasteiger partial charge in [-0.25, -0.2) is 9.67 Å². The van der Waals surface area contributed by atoms with Crippen LogP contribution in [0.1, 0.15) is 33.2 Å². The highest BCUT2D eigenvalue weighted by Crippen LogP contribution is 2.27. The summed E-state index contributed by atoms with van der Waals surface area (Å²) in [5, 5.41) is 11.5. The van der Waals surface area contributed by atoms with Crippen LogP contribution in [-0.2, 0) is 4.79 Å². The first kappa shape index (κ1) is 14.0. The predicted molar refractivity (Wildman–Crippen MR) is 82.1 cm³/mol. The van der Waals surface area contributed by atoms with Gasteiger partial charge in [0.15, 0.2) is 5.65 Å². The van der Waals surface area contributed by atoms with Crippen molar-refractivity contribution in [2.75, 3.05) is 18.4 Å². The van der Waals surface area contributed by atoms with Gasteiger partial charge in [0.2, 0.25) is 5.91 Å². The molecule has 2 aromatic heterocycles. The number of rotatable bonds is 3. The number of nitrogens with zero attached hydrogens (tertiary/aromatic N) is 3. The van der Waals surface area contributed by atoms with Crippen molar-refractivity contribution >= 4 is 22.6 Å². The van der Waals surface area contributed by atoms with Gasteiger partial charge in [-0.1, -0.05) is 0 Å². The Hall–Kier alpha value is -1.95. The largest absolute Gasteiger partial charge is 0.324 e. The molecule has 2 aromatic rings. The fourth-order valence-electron chi connectivity index (χ4n) is 2.68. The molecule has 3 rings (SSSR count). The van der Waals surface area contributed by atoms with Gasteiger partial charge in [0.25, 0.3) is 0 Å². The summed E-state index contributed by atoms with van der Waals surface area (Å²) in [7, 11) is 0. The molecule has 1 aliphatic heterocycles. The summed E-state index contributed by atoms with van der Waals surface area (Å²) in [4.78, 5) is 16.8. The molecule has 1 amide bonds. The van der Waals surface area contributed by atoms with Gasteiger partial charge in [-0.2, -0.15) is 5.10 Å². The highest BCUT2D eigenvalue weighted by atomic mass is 16.2. The van der Waals surface area contributed by atoms with Crippen molar-refractivity contribution in [2.45, 2.75) is 33.2 Å². The van der Waals surface area contributed by atoms with Crippen LogP contribution in [-0.4, -0.2) is 33.8 Å². The Morgan fingerprint density at radius 3 is 2.95 bits per heavy atom. The molecule has 0 spiro atoms. The second-order valence-corrected chi connectivity index (χ2v) is 6.26. The molecule has 1 saturated heterocycles. The van der Waals surface area contributed by atoms with Crippen molar-refractivity contribution < 1.29 is 4.79 Å². The number of aromatic nitrogens is 3. The first-order chi connectivity index (χ1) is 9.99. The maximum atomic E-state index is 12.4.